The Morgan fingerprint density at radius 3 is 2.60 bits per heavy atom. The average Bonchev–Trinajstić information content (AvgIpc) is 2.74. The van der Waals surface area contributed by atoms with Crippen LogP contribution < -0.4 is 5.32 Å². The topological polar surface area (TPSA) is 96.0 Å². The molecule has 0 bridgehead atoms. The first-order valence-electron chi connectivity index (χ1n) is 10.4. The molecule has 1 aliphatic rings. The van der Waals surface area contributed by atoms with E-state index < -0.39 is 0 Å². The van der Waals surface area contributed by atoms with Gasteiger partial charge >= 0.3 is 5.97 Å². The molecule has 1 N–H and O–H groups in total. The highest BCUT2D eigenvalue weighted by Crippen LogP contribution is 2.18. The maximum absolute atomic E-state index is 12.6. The Morgan fingerprint density at radius 2 is 1.93 bits per heavy atom. The normalized spacial score (nSPS) is 17.0. The second-order valence-corrected chi connectivity index (χ2v) is 7.63. The number of nitrogens with one attached hydrogen (secondary N) is 1. The Labute approximate surface area is 177 Å². The first-order valence-corrected chi connectivity index (χ1v) is 10.4. The van der Waals surface area contributed by atoms with Gasteiger partial charge in [-0.15, -0.1) is 0 Å². The van der Waals surface area contributed by atoms with Crippen molar-refractivity contribution in [2.75, 3.05) is 33.3 Å². The SMILES string of the molecule is CCOC(=O)C1CCCN(C(=O)CN(C)C(=O)CC(C)NC(=O)c2ccccc2)C1. The van der Waals surface area contributed by atoms with Gasteiger partial charge < -0.3 is 19.9 Å². The molecule has 8 heteroatoms. The molecule has 0 radical (unpaired) electrons. The summed E-state index contributed by atoms with van der Waals surface area (Å²) in [5.41, 5.74) is 0.529. The van der Waals surface area contributed by atoms with Crippen LogP contribution in [0, 0.1) is 5.92 Å². The lowest BCUT2D eigenvalue weighted by atomic mass is 9.98. The minimum absolute atomic E-state index is 0.0618. The summed E-state index contributed by atoms with van der Waals surface area (Å²) in [5, 5.41) is 2.80. The molecule has 0 saturated carbocycles. The van der Waals surface area contributed by atoms with Crippen LogP contribution in [0.1, 0.15) is 43.5 Å². The summed E-state index contributed by atoms with van der Waals surface area (Å²) in [6, 6.07) is 8.42. The first kappa shape index (κ1) is 23.4. The number of carbonyl (C=O) groups is 4. The third kappa shape index (κ3) is 6.86. The quantitative estimate of drug-likeness (QED) is 0.646. The zero-order chi connectivity index (χ0) is 22.1. The lowest BCUT2D eigenvalue weighted by Gasteiger charge is -2.32. The fourth-order valence-corrected chi connectivity index (χ4v) is 3.41. The number of nitrogens with zero attached hydrogens (tertiary/aromatic N) is 2. The van der Waals surface area contributed by atoms with E-state index in [9.17, 15) is 19.2 Å². The lowest BCUT2D eigenvalue weighted by molar-refractivity contribution is -0.152. The third-order valence-corrected chi connectivity index (χ3v) is 5.09. The van der Waals surface area contributed by atoms with E-state index in [0.29, 0.717) is 31.7 Å². The molecule has 1 heterocycles. The highest BCUT2D eigenvalue weighted by Gasteiger charge is 2.30. The van der Waals surface area contributed by atoms with Crippen molar-refractivity contribution in [3.8, 4) is 0 Å². The maximum Gasteiger partial charge on any atom is 0.310 e. The predicted octanol–water partition coefficient (Wildman–Crippen LogP) is 1.46. The molecular weight excluding hydrogens is 386 g/mol. The maximum atomic E-state index is 12.6. The number of hydrogen-bond acceptors (Lipinski definition) is 5. The van der Waals surface area contributed by atoms with Gasteiger partial charge in [0.25, 0.3) is 5.91 Å². The van der Waals surface area contributed by atoms with Crippen LogP contribution in [0.15, 0.2) is 30.3 Å². The van der Waals surface area contributed by atoms with Crippen LogP contribution in [0.5, 0.6) is 0 Å². The number of esters is 1. The molecular formula is C22H31N3O5. The van der Waals surface area contributed by atoms with Crippen LogP contribution in [-0.2, 0) is 19.1 Å². The summed E-state index contributed by atoms with van der Waals surface area (Å²) in [4.78, 5) is 52.2. The van der Waals surface area contributed by atoms with E-state index in [1.54, 1.807) is 50.1 Å². The van der Waals surface area contributed by atoms with Crippen molar-refractivity contribution in [1.82, 2.24) is 15.1 Å². The second-order valence-electron chi connectivity index (χ2n) is 7.63. The largest absolute Gasteiger partial charge is 0.466 e. The number of likely N-dealkylation sites (tertiary alicyclic amines) is 1. The van der Waals surface area contributed by atoms with E-state index in [1.165, 1.54) is 4.90 Å². The molecule has 164 valence electrons. The van der Waals surface area contributed by atoms with Crippen molar-refractivity contribution >= 4 is 23.7 Å². The van der Waals surface area contributed by atoms with Crippen molar-refractivity contribution in [1.29, 1.82) is 0 Å². The van der Waals surface area contributed by atoms with Gasteiger partial charge in [0.1, 0.15) is 0 Å². The molecule has 1 aromatic rings. The van der Waals surface area contributed by atoms with Crippen molar-refractivity contribution in [2.24, 2.45) is 5.92 Å². The molecule has 3 amide bonds. The van der Waals surface area contributed by atoms with Gasteiger partial charge in [-0.05, 0) is 38.8 Å². The summed E-state index contributed by atoms with van der Waals surface area (Å²) in [5.74, 6) is -1.25. The predicted molar refractivity (Wildman–Crippen MR) is 112 cm³/mol. The molecule has 0 aliphatic carbocycles. The van der Waals surface area contributed by atoms with Crippen LogP contribution in [0.25, 0.3) is 0 Å². The number of rotatable bonds is 8. The van der Waals surface area contributed by atoms with Gasteiger partial charge in [-0.1, -0.05) is 18.2 Å². The minimum Gasteiger partial charge on any atom is -0.466 e. The summed E-state index contributed by atoms with van der Waals surface area (Å²) in [6.07, 6.45) is 1.53. The van der Waals surface area contributed by atoms with Gasteiger partial charge in [0.2, 0.25) is 11.8 Å². The molecule has 2 unspecified atom stereocenters. The van der Waals surface area contributed by atoms with E-state index in [4.69, 9.17) is 4.74 Å². The number of carbonyl (C=O) groups excluding carboxylic acids is 4. The Balaban J connectivity index is 1.80. The fourth-order valence-electron chi connectivity index (χ4n) is 3.41. The van der Waals surface area contributed by atoms with E-state index in [1.807, 2.05) is 6.07 Å². The highest BCUT2D eigenvalue weighted by molar-refractivity contribution is 5.94. The second kappa shape index (κ2) is 11.3. The number of ether oxygens (including phenoxy) is 1. The fraction of sp³-hybridized carbons (Fsp3) is 0.545. The van der Waals surface area contributed by atoms with Crippen LogP contribution in [0.3, 0.4) is 0 Å². The summed E-state index contributed by atoms with van der Waals surface area (Å²) in [6.45, 7) is 4.66. The summed E-state index contributed by atoms with van der Waals surface area (Å²) < 4.78 is 5.06. The standard InChI is InChI=1S/C22H31N3O5/c1-4-30-22(29)18-11-8-12-25(14-18)20(27)15-24(3)19(26)13-16(2)23-21(28)17-9-6-5-7-10-17/h5-7,9-10,16,18H,4,8,11-15H2,1-3H3,(H,23,28). The zero-order valence-corrected chi connectivity index (χ0v) is 17.9. The summed E-state index contributed by atoms with van der Waals surface area (Å²) >= 11 is 0. The van der Waals surface area contributed by atoms with Crippen molar-refractivity contribution < 1.29 is 23.9 Å². The van der Waals surface area contributed by atoms with Crippen LogP contribution in [0.4, 0.5) is 0 Å². The van der Waals surface area contributed by atoms with Crippen molar-refractivity contribution in [3.05, 3.63) is 35.9 Å². The monoisotopic (exact) mass is 417 g/mol. The van der Waals surface area contributed by atoms with E-state index in [2.05, 4.69) is 5.32 Å². The molecule has 2 atom stereocenters. The number of amides is 3. The van der Waals surface area contributed by atoms with Gasteiger partial charge in [0, 0.05) is 38.2 Å². The smallest absolute Gasteiger partial charge is 0.310 e. The molecule has 1 aromatic carbocycles. The Hall–Kier alpha value is -2.90. The van der Waals surface area contributed by atoms with Gasteiger partial charge in [-0.2, -0.15) is 0 Å². The molecule has 1 fully saturated rings. The number of piperidine rings is 1. The molecule has 1 saturated heterocycles. The number of benzene rings is 1. The van der Waals surface area contributed by atoms with Crippen LogP contribution >= 0.6 is 0 Å². The van der Waals surface area contributed by atoms with Gasteiger partial charge in [-0.3, -0.25) is 19.2 Å². The minimum atomic E-state index is -0.370. The van der Waals surface area contributed by atoms with E-state index in [0.717, 1.165) is 6.42 Å². The third-order valence-electron chi connectivity index (χ3n) is 5.09. The van der Waals surface area contributed by atoms with Crippen LogP contribution in [0.2, 0.25) is 0 Å². The van der Waals surface area contributed by atoms with Gasteiger partial charge in [0.15, 0.2) is 0 Å². The van der Waals surface area contributed by atoms with E-state index >= 15 is 0 Å². The molecule has 0 spiro atoms. The molecule has 1 aliphatic heterocycles. The molecule has 8 nitrogen and oxygen atoms in total. The first-order chi connectivity index (χ1) is 14.3. The summed E-state index contributed by atoms with van der Waals surface area (Å²) in [7, 11) is 1.57. The Kier molecular flexibility index (Phi) is 8.83. The zero-order valence-electron chi connectivity index (χ0n) is 17.9. The van der Waals surface area contributed by atoms with Gasteiger partial charge in [-0.25, -0.2) is 0 Å². The Bertz CT molecular complexity index is 752. The number of hydrogen-bond donors (Lipinski definition) is 1. The van der Waals surface area contributed by atoms with E-state index in [-0.39, 0.29) is 48.6 Å². The molecule has 0 aromatic heterocycles. The molecule has 2 rings (SSSR count). The van der Waals surface area contributed by atoms with Crippen molar-refractivity contribution in [3.63, 3.8) is 0 Å². The lowest BCUT2D eigenvalue weighted by Crippen LogP contribution is -2.47. The van der Waals surface area contributed by atoms with Gasteiger partial charge in [0.05, 0.1) is 19.1 Å². The van der Waals surface area contributed by atoms with Crippen LogP contribution in [-0.4, -0.2) is 72.8 Å². The highest BCUT2D eigenvalue weighted by atomic mass is 16.5. The number of likely N-dealkylation sites (N-methyl/N-ethyl adjacent to an activating group) is 1. The molecule has 30 heavy (non-hydrogen) atoms. The average molecular weight is 418 g/mol. The Morgan fingerprint density at radius 1 is 1.23 bits per heavy atom. The van der Waals surface area contributed by atoms with Crippen molar-refractivity contribution in [2.45, 2.75) is 39.2 Å².